The first kappa shape index (κ1) is 28.2. The van der Waals surface area contributed by atoms with Gasteiger partial charge in [0.1, 0.15) is 17.8 Å². The number of methoxy groups -OCH3 is 1. The van der Waals surface area contributed by atoms with Crippen LogP contribution in [0.25, 0.3) is 5.57 Å². The molecule has 0 radical (unpaired) electrons. The molecule has 2 aliphatic heterocycles. The predicted molar refractivity (Wildman–Crippen MR) is 152 cm³/mol. The number of rotatable bonds is 5. The van der Waals surface area contributed by atoms with Gasteiger partial charge in [-0.05, 0) is 87.0 Å². The molecular weight excluding hydrogens is 536 g/mol. The fourth-order valence-corrected chi connectivity index (χ4v) is 10.5. The van der Waals surface area contributed by atoms with E-state index in [1.807, 2.05) is 13.8 Å². The molecule has 7 rings (SSSR count). The Morgan fingerprint density at radius 1 is 1.14 bits per heavy atom. The number of aliphatic hydroxyl groups excluding tert-OH is 2. The van der Waals surface area contributed by atoms with Gasteiger partial charge in [-0.1, -0.05) is 19.4 Å². The standard InChI is InChI=1S/C33H42N2O7/c1-16-10-25(41-30(39)21(16)15-36)17(2)22-6-7-23-19-12-27-33(42-27)26(37)11-20(29-34-13-18(40-5)14-35-29)28(38)32(33,4)24(19)8-9-31(22,23)3/h11,13-14,17,19,22-27,36-37H,6-10,12,15H2,1-5H3/t17-,19-,22+,23-,24-,25?,26-,27+,31+,32-,33+/m0/s1. The summed E-state index contributed by atoms with van der Waals surface area (Å²) in [5, 5.41) is 21.1. The number of aromatic nitrogens is 2. The van der Waals surface area contributed by atoms with E-state index < -0.39 is 17.1 Å². The minimum absolute atomic E-state index is 0.0299. The van der Waals surface area contributed by atoms with Crippen molar-refractivity contribution >= 4 is 17.3 Å². The van der Waals surface area contributed by atoms with Crippen LogP contribution >= 0.6 is 0 Å². The largest absolute Gasteiger partial charge is 0.494 e. The molecule has 226 valence electrons. The zero-order valence-electron chi connectivity index (χ0n) is 25.1. The second-order valence-electron chi connectivity index (χ2n) is 14.2. The second-order valence-corrected chi connectivity index (χ2v) is 14.2. The molecule has 9 heteroatoms. The van der Waals surface area contributed by atoms with Gasteiger partial charge in [-0.2, -0.15) is 0 Å². The summed E-state index contributed by atoms with van der Waals surface area (Å²) in [7, 11) is 1.54. The van der Waals surface area contributed by atoms with Crippen LogP contribution in [0.15, 0.2) is 29.6 Å². The number of cyclic esters (lactones) is 1. The van der Waals surface area contributed by atoms with Gasteiger partial charge in [0.2, 0.25) is 0 Å². The number of epoxide rings is 1. The lowest BCUT2D eigenvalue weighted by Gasteiger charge is -2.58. The molecule has 4 fully saturated rings. The SMILES string of the molecule is COc1cnc(C2=C[C@H](O)[C@@]34O[C@@H]3C[C@H]3[C@@H]5CC[C@H]([C@H](C)C6CC(C)=C(CO)C(=O)O6)[C@@]5(C)CC[C@@H]3[C@@]4(C)C2=O)nc1. The van der Waals surface area contributed by atoms with Gasteiger partial charge in [0, 0.05) is 6.42 Å². The number of hydrogen-bond acceptors (Lipinski definition) is 9. The molecule has 6 aliphatic rings. The van der Waals surface area contributed by atoms with Gasteiger partial charge < -0.3 is 24.4 Å². The lowest BCUT2D eigenvalue weighted by atomic mass is 9.43. The van der Waals surface area contributed by atoms with Gasteiger partial charge in [-0.15, -0.1) is 0 Å². The van der Waals surface area contributed by atoms with Gasteiger partial charge in [-0.3, -0.25) is 4.79 Å². The van der Waals surface area contributed by atoms with Crippen molar-refractivity contribution in [3.8, 4) is 5.75 Å². The number of carbonyl (C=O) groups is 2. The third-order valence-electron chi connectivity index (χ3n) is 12.8. The van der Waals surface area contributed by atoms with Crippen molar-refractivity contribution in [1.29, 1.82) is 0 Å². The molecule has 0 amide bonds. The van der Waals surface area contributed by atoms with Crippen molar-refractivity contribution in [3.63, 3.8) is 0 Å². The number of carbonyl (C=O) groups excluding carboxylic acids is 2. The van der Waals surface area contributed by atoms with E-state index in [-0.39, 0.29) is 47.8 Å². The number of nitrogens with zero attached hydrogens (tertiary/aromatic N) is 2. The molecule has 42 heavy (non-hydrogen) atoms. The number of esters is 1. The summed E-state index contributed by atoms with van der Waals surface area (Å²) < 4.78 is 17.5. The first-order chi connectivity index (χ1) is 20.0. The van der Waals surface area contributed by atoms with Crippen LogP contribution in [0.1, 0.15) is 72.0 Å². The average Bonchev–Trinajstić information content (AvgIpc) is 3.61. The van der Waals surface area contributed by atoms with E-state index in [1.54, 1.807) is 25.6 Å². The summed E-state index contributed by atoms with van der Waals surface area (Å²) in [4.78, 5) is 35.9. The number of aliphatic hydroxyl groups is 2. The Bertz CT molecular complexity index is 1390. The van der Waals surface area contributed by atoms with Crippen LogP contribution in [0.4, 0.5) is 0 Å². The van der Waals surface area contributed by atoms with Gasteiger partial charge in [0.15, 0.2) is 17.4 Å². The third-order valence-corrected chi connectivity index (χ3v) is 12.8. The second kappa shape index (κ2) is 9.44. The van der Waals surface area contributed by atoms with Crippen molar-refractivity contribution in [2.45, 2.75) is 90.1 Å². The normalized spacial score (nSPS) is 44.7. The lowest BCUT2D eigenvalue weighted by molar-refractivity contribution is -0.155. The summed E-state index contributed by atoms with van der Waals surface area (Å²) in [6.07, 6.45) is 8.96. The highest BCUT2D eigenvalue weighted by Gasteiger charge is 2.81. The highest BCUT2D eigenvalue weighted by atomic mass is 16.6. The maximum absolute atomic E-state index is 14.5. The minimum atomic E-state index is -0.905. The van der Waals surface area contributed by atoms with Crippen LogP contribution in [0.2, 0.25) is 0 Å². The molecule has 2 N–H and O–H groups in total. The molecule has 1 spiro atoms. The molecule has 11 atom stereocenters. The molecule has 1 aromatic rings. The Balaban J connectivity index is 1.18. The summed E-state index contributed by atoms with van der Waals surface area (Å²) in [6.45, 7) is 8.32. The monoisotopic (exact) mass is 578 g/mol. The molecule has 1 aromatic heterocycles. The Labute approximate surface area is 246 Å². The average molecular weight is 579 g/mol. The van der Waals surface area contributed by atoms with Crippen LogP contribution < -0.4 is 4.74 Å². The summed E-state index contributed by atoms with van der Waals surface area (Å²) in [5.74, 6) is 1.78. The van der Waals surface area contributed by atoms with Crippen LogP contribution in [0, 0.1) is 40.4 Å². The van der Waals surface area contributed by atoms with Crippen LogP contribution in [0.3, 0.4) is 0 Å². The lowest BCUT2D eigenvalue weighted by Crippen LogP contribution is -2.64. The zero-order valence-corrected chi connectivity index (χ0v) is 25.1. The van der Waals surface area contributed by atoms with Crippen molar-refractivity contribution in [2.75, 3.05) is 13.7 Å². The number of hydrogen-bond donors (Lipinski definition) is 2. The summed E-state index contributed by atoms with van der Waals surface area (Å²) >= 11 is 0. The highest BCUT2D eigenvalue weighted by molar-refractivity contribution is 6.24. The van der Waals surface area contributed by atoms with Gasteiger partial charge in [0.05, 0.1) is 48.8 Å². The molecule has 3 saturated carbocycles. The molecule has 9 nitrogen and oxygen atoms in total. The van der Waals surface area contributed by atoms with Crippen molar-refractivity contribution in [3.05, 3.63) is 35.4 Å². The Kier molecular flexibility index (Phi) is 6.33. The number of ketones is 1. The van der Waals surface area contributed by atoms with Crippen LogP contribution in [-0.4, -0.2) is 69.6 Å². The molecule has 0 aromatic carbocycles. The van der Waals surface area contributed by atoms with E-state index in [9.17, 15) is 19.8 Å². The highest BCUT2D eigenvalue weighted by Crippen LogP contribution is 2.73. The van der Waals surface area contributed by atoms with E-state index in [1.165, 1.54) is 0 Å². The van der Waals surface area contributed by atoms with E-state index in [4.69, 9.17) is 14.2 Å². The van der Waals surface area contributed by atoms with E-state index in [0.29, 0.717) is 46.9 Å². The van der Waals surface area contributed by atoms with Crippen molar-refractivity contribution < 1.29 is 34.0 Å². The molecule has 3 heterocycles. The Hall–Kier alpha value is -2.62. The first-order valence-electron chi connectivity index (χ1n) is 15.5. The van der Waals surface area contributed by atoms with Gasteiger partial charge in [-0.25, -0.2) is 14.8 Å². The summed E-state index contributed by atoms with van der Waals surface area (Å²) in [5.41, 5.74) is -0.0169. The van der Waals surface area contributed by atoms with Crippen molar-refractivity contribution in [2.24, 2.45) is 40.4 Å². The maximum atomic E-state index is 14.5. The maximum Gasteiger partial charge on any atom is 0.336 e. The first-order valence-corrected chi connectivity index (χ1v) is 15.5. The van der Waals surface area contributed by atoms with Crippen molar-refractivity contribution in [1.82, 2.24) is 9.97 Å². The third kappa shape index (κ3) is 3.53. The Morgan fingerprint density at radius 3 is 2.55 bits per heavy atom. The molecule has 1 saturated heterocycles. The number of ether oxygens (including phenoxy) is 3. The molecule has 1 unspecified atom stereocenters. The topological polar surface area (TPSA) is 131 Å². The van der Waals surface area contributed by atoms with Gasteiger partial charge >= 0.3 is 5.97 Å². The van der Waals surface area contributed by atoms with Crippen LogP contribution in [0.5, 0.6) is 5.75 Å². The fourth-order valence-electron chi connectivity index (χ4n) is 10.5. The summed E-state index contributed by atoms with van der Waals surface area (Å²) in [6, 6.07) is 0. The fraction of sp³-hybridized carbons (Fsp3) is 0.697. The van der Waals surface area contributed by atoms with Gasteiger partial charge in [0.25, 0.3) is 0 Å². The molecule has 4 aliphatic carbocycles. The Morgan fingerprint density at radius 2 is 1.88 bits per heavy atom. The number of Topliss-reactive ketones (excluding diaryl/α,β-unsaturated/α-hetero) is 1. The zero-order chi connectivity index (χ0) is 29.8. The molecular formula is C33H42N2O7. The predicted octanol–water partition coefficient (Wildman–Crippen LogP) is 3.68. The quantitative estimate of drug-likeness (QED) is 0.397. The van der Waals surface area contributed by atoms with E-state index >= 15 is 0 Å². The van der Waals surface area contributed by atoms with E-state index in [2.05, 4.69) is 23.8 Å². The number of allylic oxidation sites excluding steroid dienone is 1. The van der Waals surface area contributed by atoms with Crippen LogP contribution in [-0.2, 0) is 19.1 Å². The smallest absolute Gasteiger partial charge is 0.336 e. The number of fused-ring (bicyclic) bond motifs is 4. The van der Waals surface area contributed by atoms with E-state index in [0.717, 1.165) is 37.7 Å². The molecule has 0 bridgehead atoms. The minimum Gasteiger partial charge on any atom is -0.494 e.